The summed E-state index contributed by atoms with van der Waals surface area (Å²) >= 11 is 6.40. The van der Waals surface area contributed by atoms with E-state index in [1.807, 2.05) is 30.3 Å². The van der Waals surface area contributed by atoms with Gasteiger partial charge in [-0.3, -0.25) is 0 Å². The lowest BCUT2D eigenvalue weighted by molar-refractivity contribution is -0.0818. The van der Waals surface area contributed by atoms with Crippen molar-refractivity contribution in [2.24, 2.45) is 0 Å². The summed E-state index contributed by atoms with van der Waals surface area (Å²) in [6.07, 6.45) is 8.47. The minimum Gasteiger partial charge on any atom is -0.490 e. The zero-order chi connectivity index (χ0) is 21.8. The molecule has 0 N–H and O–H groups in total. The lowest BCUT2D eigenvalue weighted by atomic mass is 9.81. The van der Waals surface area contributed by atoms with Crippen LogP contribution in [-0.4, -0.2) is 13.2 Å². The van der Waals surface area contributed by atoms with Crippen molar-refractivity contribution in [3.05, 3.63) is 64.7 Å². The molecule has 2 rings (SSSR count). The highest BCUT2D eigenvalue weighted by Crippen LogP contribution is 2.39. The minimum absolute atomic E-state index is 0.479. The molecule has 2 aromatic carbocycles. The molecule has 0 heterocycles. The van der Waals surface area contributed by atoms with Gasteiger partial charge in [-0.1, -0.05) is 75.8 Å². The lowest BCUT2D eigenvalue weighted by Crippen LogP contribution is -2.38. The van der Waals surface area contributed by atoms with E-state index in [0.29, 0.717) is 19.1 Å². The molecule has 2 nitrogen and oxygen atoms in total. The van der Waals surface area contributed by atoms with Crippen LogP contribution in [0.1, 0.15) is 81.0 Å². The summed E-state index contributed by atoms with van der Waals surface area (Å²) in [7, 11) is 0. The van der Waals surface area contributed by atoms with E-state index in [-0.39, 0.29) is 0 Å². The first kappa shape index (κ1) is 24.8. The fourth-order valence-corrected chi connectivity index (χ4v) is 4.48. The van der Waals surface area contributed by atoms with Gasteiger partial charge in [-0.15, -0.1) is 11.6 Å². The molecule has 0 fully saturated rings. The van der Waals surface area contributed by atoms with Gasteiger partial charge in [-0.2, -0.15) is 0 Å². The molecule has 1 unspecified atom stereocenters. The standard InChI is InChI=1S/C27H39ClO2/c1-5-7-8-9-10-14-19-27(30-6-2,21-29-25-15-12-11-13-16-25)26-23(4)22(3)17-18-24(26)20-28/h11-13,15-18H,5-10,14,19-21H2,1-4H3. The molecule has 166 valence electrons. The minimum atomic E-state index is -0.490. The maximum atomic E-state index is 6.56. The van der Waals surface area contributed by atoms with Crippen molar-refractivity contribution in [1.29, 1.82) is 0 Å². The van der Waals surface area contributed by atoms with Gasteiger partial charge < -0.3 is 9.47 Å². The molecule has 0 bridgehead atoms. The molecule has 0 aliphatic heterocycles. The first-order valence-corrected chi connectivity index (χ1v) is 12.1. The van der Waals surface area contributed by atoms with E-state index >= 15 is 0 Å². The van der Waals surface area contributed by atoms with Crippen molar-refractivity contribution in [2.45, 2.75) is 84.1 Å². The second-order valence-corrected chi connectivity index (χ2v) is 8.49. The van der Waals surface area contributed by atoms with Gasteiger partial charge in [0.2, 0.25) is 0 Å². The number of aryl methyl sites for hydroxylation is 1. The normalized spacial score (nSPS) is 13.2. The zero-order valence-corrected chi connectivity index (χ0v) is 20.1. The number of rotatable bonds is 14. The quantitative estimate of drug-likeness (QED) is 0.222. The van der Waals surface area contributed by atoms with Crippen LogP contribution in [0.15, 0.2) is 42.5 Å². The number of alkyl halides is 1. The summed E-state index contributed by atoms with van der Waals surface area (Å²) in [5.74, 6) is 1.36. The van der Waals surface area contributed by atoms with Crippen LogP contribution in [0.2, 0.25) is 0 Å². The first-order valence-electron chi connectivity index (χ1n) is 11.5. The predicted octanol–water partition coefficient (Wildman–Crippen LogP) is 8.10. The number of hydrogen-bond acceptors (Lipinski definition) is 2. The second-order valence-electron chi connectivity index (χ2n) is 8.22. The molecule has 0 aromatic heterocycles. The maximum absolute atomic E-state index is 6.56. The number of hydrogen-bond donors (Lipinski definition) is 0. The topological polar surface area (TPSA) is 18.5 Å². The Morgan fingerprint density at radius 1 is 0.867 bits per heavy atom. The molecule has 0 radical (unpaired) electrons. The molecule has 3 heteroatoms. The fraction of sp³-hybridized carbons (Fsp3) is 0.556. The van der Waals surface area contributed by atoms with Crippen LogP contribution in [0.25, 0.3) is 0 Å². The van der Waals surface area contributed by atoms with E-state index < -0.39 is 5.60 Å². The van der Waals surface area contributed by atoms with Gasteiger partial charge in [0.1, 0.15) is 18.0 Å². The molecule has 2 aromatic rings. The Balaban J connectivity index is 2.34. The van der Waals surface area contributed by atoms with Crippen LogP contribution in [0, 0.1) is 13.8 Å². The summed E-state index contributed by atoms with van der Waals surface area (Å²) in [5.41, 5.74) is 4.42. The van der Waals surface area contributed by atoms with Gasteiger partial charge in [0, 0.05) is 12.5 Å². The van der Waals surface area contributed by atoms with Crippen molar-refractivity contribution in [1.82, 2.24) is 0 Å². The lowest BCUT2D eigenvalue weighted by Gasteiger charge is -2.37. The third-order valence-corrected chi connectivity index (χ3v) is 6.28. The molecule has 0 saturated heterocycles. The van der Waals surface area contributed by atoms with E-state index in [4.69, 9.17) is 21.1 Å². The number of benzene rings is 2. The van der Waals surface area contributed by atoms with Crippen LogP contribution >= 0.6 is 11.6 Å². The highest BCUT2D eigenvalue weighted by atomic mass is 35.5. The highest BCUT2D eigenvalue weighted by Gasteiger charge is 2.37. The van der Waals surface area contributed by atoms with Crippen LogP contribution < -0.4 is 4.74 Å². The fourth-order valence-electron chi connectivity index (χ4n) is 4.26. The van der Waals surface area contributed by atoms with Gasteiger partial charge in [0.15, 0.2) is 0 Å². The van der Waals surface area contributed by atoms with Gasteiger partial charge in [-0.25, -0.2) is 0 Å². The largest absolute Gasteiger partial charge is 0.490 e. The van der Waals surface area contributed by atoms with E-state index in [1.54, 1.807) is 0 Å². The number of ether oxygens (including phenoxy) is 2. The monoisotopic (exact) mass is 430 g/mol. The van der Waals surface area contributed by atoms with Crippen molar-refractivity contribution >= 4 is 11.6 Å². The number of halogens is 1. The Hall–Kier alpha value is -1.51. The molecule has 0 amide bonds. The van der Waals surface area contributed by atoms with Crippen LogP contribution in [-0.2, 0) is 16.2 Å². The zero-order valence-electron chi connectivity index (χ0n) is 19.3. The van der Waals surface area contributed by atoms with Crippen molar-refractivity contribution in [3.8, 4) is 5.75 Å². The molecular formula is C27H39ClO2. The average Bonchev–Trinajstić information content (AvgIpc) is 2.77. The molecule has 0 spiro atoms. The van der Waals surface area contributed by atoms with E-state index in [9.17, 15) is 0 Å². The van der Waals surface area contributed by atoms with Crippen molar-refractivity contribution < 1.29 is 9.47 Å². The van der Waals surface area contributed by atoms with Crippen LogP contribution in [0.5, 0.6) is 5.75 Å². The predicted molar refractivity (Wildman–Crippen MR) is 129 cm³/mol. The SMILES string of the molecule is CCCCCCCCC(COc1ccccc1)(OCC)c1c(CCl)ccc(C)c1C. The Labute approximate surface area is 188 Å². The summed E-state index contributed by atoms with van der Waals surface area (Å²) in [5, 5.41) is 0. The molecule has 0 aliphatic rings. The Bertz CT molecular complexity index is 744. The maximum Gasteiger partial charge on any atom is 0.127 e. The van der Waals surface area contributed by atoms with Gasteiger partial charge in [-0.05, 0) is 61.6 Å². The summed E-state index contributed by atoms with van der Waals surface area (Å²) < 4.78 is 12.9. The van der Waals surface area contributed by atoms with Gasteiger partial charge in [0.05, 0.1) is 0 Å². The van der Waals surface area contributed by atoms with E-state index in [0.717, 1.165) is 24.2 Å². The second kappa shape index (κ2) is 13.0. The average molecular weight is 431 g/mol. The summed E-state index contributed by atoms with van der Waals surface area (Å²) in [4.78, 5) is 0. The van der Waals surface area contributed by atoms with Crippen molar-refractivity contribution in [3.63, 3.8) is 0 Å². The number of unbranched alkanes of at least 4 members (excludes halogenated alkanes) is 5. The molecule has 0 saturated carbocycles. The van der Waals surface area contributed by atoms with Crippen LogP contribution in [0.4, 0.5) is 0 Å². The van der Waals surface area contributed by atoms with Gasteiger partial charge in [0.25, 0.3) is 0 Å². The molecular weight excluding hydrogens is 392 g/mol. The molecule has 1 atom stereocenters. The van der Waals surface area contributed by atoms with E-state index in [1.165, 1.54) is 48.8 Å². The highest BCUT2D eigenvalue weighted by molar-refractivity contribution is 6.17. The Morgan fingerprint density at radius 2 is 1.57 bits per heavy atom. The molecule has 0 aliphatic carbocycles. The Kier molecular flexibility index (Phi) is 10.7. The van der Waals surface area contributed by atoms with Gasteiger partial charge >= 0.3 is 0 Å². The number of para-hydroxylation sites is 1. The molecule has 30 heavy (non-hydrogen) atoms. The third-order valence-electron chi connectivity index (χ3n) is 5.99. The first-order chi connectivity index (χ1) is 14.6. The van der Waals surface area contributed by atoms with Crippen molar-refractivity contribution in [2.75, 3.05) is 13.2 Å². The summed E-state index contributed by atoms with van der Waals surface area (Å²) in [6.45, 7) is 9.82. The smallest absolute Gasteiger partial charge is 0.127 e. The Morgan fingerprint density at radius 3 is 2.23 bits per heavy atom. The van der Waals surface area contributed by atoms with E-state index in [2.05, 4.69) is 39.8 Å². The summed E-state index contributed by atoms with van der Waals surface area (Å²) in [6, 6.07) is 14.4. The van der Waals surface area contributed by atoms with Crippen LogP contribution in [0.3, 0.4) is 0 Å². The third kappa shape index (κ3) is 6.75.